The first-order valence-electron chi connectivity index (χ1n) is 4.14. The number of oxime groups is 1. The van der Waals surface area contributed by atoms with Gasteiger partial charge in [-0.05, 0) is 11.5 Å². The summed E-state index contributed by atoms with van der Waals surface area (Å²) in [4.78, 5) is 4.06. The maximum Gasteiger partial charge on any atom is 0.188 e. The van der Waals surface area contributed by atoms with Gasteiger partial charge in [0.05, 0.1) is 0 Å². The van der Waals surface area contributed by atoms with Gasteiger partial charge in [0, 0.05) is 11.6 Å². The van der Waals surface area contributed by atoms with E-state index in [0.29, 0.717) is 5.69 Å². The molecule has 0 aliphatic heterocycles. The average Bonchev–Trinajstić information content (AvgIpc) is 2.27. The Kier molecular flexibility index (Phi) is 2.02. The lowest BCUT2D eigenvalue weighted by Gasteiger charge is -2.00. The van der Waals surface area contributed by atoms with Crippen molar-refractivity contribution in [2.45, 2.75) is 0 Å². The van der Waals surface area contributed by atoms with Crippen LogP contribution in [0.4, 0.5) is 0 Å². The molecule has 0 spiro atoms. The molecule has 0 unspecified atom stereocenters. The first-order chi connectivity index (χ1) is 6.81. The Morgan fingerprint density at radius 1 is 1.29 bits per heavy atom. The SMILES string of the molecule is NC(=NO)c1cc2ccccc2cn1. The van der Waals surface area contributed by atoms with Crippen LogP contribution < -0.4 is 5.73 Å². The highest BCUT2D eigenvalue weighted by Crippen LogP contribution is 2.12. The smallest absolute Gasteiger partial charge is 0.188 e. The Labute approximate surface area is 80.7 Å². The van der Waals surface area contributed by atoms with Crippen LogP contribution in [0.5, 0.6) is 0 Å². The summed E-state index contributed by atoms with van der Waals surface area (Å²) < 4.78 is 0. The molecule has 0 fully saturated rings. The second-order valence-corrected chi connectivity index (χ2v) is 2.90. The molecule has 1 heterocycles. The molecule has 2 aromatic rings. The molecule has 1 aromatic carbocycles. The van der Waals surface area contributed by atoms with Crippen LogP contribution >= 0.6 is 0 Å². The molecule has 0 aliphatic rings. The maximum absolute atomic E-state index is 8.48. The summed E-state index contributed by atoms with van der Waals surface area (Å²) in [6.45, 7) is 0. The topological polar surface area (TPSA) is 71.5 Å². The molecule has 0 saturated carbocycles. The summed E-state index contributed by atoms with van der Waals surface area (Å²) in [6, 6.07) is 9.56. The van der Waals surface area contributed by atoms with E-state index in [0.717, 1.165) is 10.8 Å². The lowest BCUT2D eigenvalue weighted by atomic mass is 10.1. The molecule has 4 heteroatoms. The van der Waals surface area contributed by atoms with E-state index in [-0.39, 0.29) is 5.84 Å². The molecule has 0 bridgehead atoms. The molecule has 0 radical (unpaired) electrons. The highest BCUT2D eigenvalue weighted by atomic mass is 16.4. The van der Waals surface area contributed by atoms with Crippen molar-refractivity contribution in [2.24, 2.45) is 10.9 Å². The lowest BCUT2D eigenvalue weighted by Crippen LogP contribution is -2.14. The summed E-state index contributed by atoms with van der Waals surface area (Å²) in [5, 5.41) is 13.4. The number of benzene rings is 1. The Morgan fingerprint density at radius 2 is 2.00 bits per heavy atom. The third-order valence-corrected chi connectivity index (χ3v) is 2.00. The molecule has 4 nitrogen and oxygen atoms in total. The van der Waals surface area contributed by atoms with Gasteiger partial charge in [-0.15, -0.1) is 0 Å². The zero-order chi connectivity index (χ0) is 9.97. The zero-order valence-electron chi connectivity index (χ0n) is 7.38. The predicted molar refractivity (Wildman–Crippen MR) is 54.3 cm³/mol. The van der Waals surface area contributed by atoms with Crippen molar-refractivity contribution >= 4 is 16.6 Å². The molecule has 0 saturated heterocycles. The van der Waals surface area contributed by atoms with E-state index < -0.39 is 0 Å². The van der Waals surface area contributed by atoms with Crippen LogP contribution in [0.3, 0.4) is 0 Å². The Hall–Kier alpha value is -2.10. The standard InChI is InChI=1S/C10H9N3O/c11-10(13-14)9-5-7-3-1-2-4-8(7)6-12-9/h1-6,14H,(H2,11,13). The average molecular weight is 187 g/mol. The fraction of sp³-hybridized carbons (Fsp3) is 0. The number of hydrogen-bond donors (Lipinski definition) is 2. The van der Waals surface area contributed by atoms with Crippen LogP contribution in [0.25, 0.3) is 10.8 Å². The Bertz CT molecular complexity index is 493. The van der Waals surface area contributed by atoms with Crippen LogP contribution in [0, 0.1) is 0 Å². The number of amidine groups is 1. The van der Waals surface area contributed by atoms with Gasteiger partial charge >= 0.3 is 0 Å². The van der Waals surface area contributed by atoms with Gasteiger partial charge in [-0.1, -0.05) is 29.4 Å². The van der Waals surface area contributed by atoms with Crippen molar-refractivity contribution in [3.8, 4) is 0 Å². The fourth-order valence-electron chi connectivity index (χ4n) is 1.27. The van der Waals surface area contributed by atoms with E-state index in [9.17, 15) is 0 Å². The minimum Gasteiger partial charge on any atom is -0.409 e. The first-order valence-corrected chi connectivity index (χ1v) is 4.14. The number of nitrogens with two attached hydrogens (primary N) is 1. The summed E-state index contributed by atoms with van der Waals surface area (Å²) in [5.74, 6) is 0.0238. The second-order valence-electron chi connectivity index (χ2n) is 2.90. The number of fused-ring (bicyclic) bond motifs is 1. The van der Waals surface area contributed by atoms with Gasteiger partial charge in [0.15, 0.2) is 5.84 Å². The maximum atomic E-state index is 8.48. The van der Waals surface area contributed by atoms with Crippen LogP contribution in [0.15, 0.2) is 41.7 Å². The summed E-state index contributed by atoms with van der Waals surface area (Å²) in [5.41, 5.74) is 5.90. The summed E-state index contributed by atoms with van der Waals surface area (Å²) >= 11 is 0. The van der Waals surface area contributed by atoms with Crippen molar-refractivity contribution in [3.05, 3.63) is 42.2 Å². The van der Waals surface area contributed by atoms with Gasteiger partial charge in [0.2, 0.25) is 0 Å². The Balaban J connectivity index is 2.62. The van der Waals surface area contributed by atoms with Gasteiger partial charge in [0.25, 0.3) is 0 Å². The van der Waals surface area contributed by atoms with E-state index in [2.05, 4.69) is 10.1 Å². The van der Waals surface area contributed by atoms with Crippen molar-refractivity contribution in [1.82, 2.24) is 4.98 Å². The van der Waals surface area contributed by atoms with Gasteiger partial charge in [0.1, 0.15) is 5.69 Å². The van der Waals surface area contributed by atoms with Crippen molar-refractivity contribution in [1.29, 1.82) is 0 Å². The van der Waals surface area contributed by atoms with Crippen molar-refractivity contribution in [2.75, 3.05) is 0 Å². The normalized spacial score (nSPS) is 11.9. The fourth-order valence-corrected chi connectivity index (χ4v) is 1.27. The van der Waals surface area contributed by atoms with Crippen molar-refractivity contribution in [3.63, 3.8) is 0 Å². The predicted octanol–water partition coefficient (Wildman–Crippen LogP) is 1.33. The summed E-state index contributed by atoms with van der Waals surface area (Å²) in [7, 11) is 0. The Morgan fingerprint density at radius 3 is 2.71 bits per heavy atom. The molecular weight excluding hydrogens is 178 g/mol. The van der Waals surface area contributed by atoms with Crippen LogP contribution in [0.2, 0.25) is 0 Å². The molecule has 3 N–H and O–H groups in total. The number of nitrogens with zero attached hydrogens (tertiary/aromatic N) is 2. The number of aromatic nitrogens is 1. The second kappa shape index (κ2) is 3.33. The van der Waals surface area contributed by atoms with E-state index in [1.807, 2.05) is 24.3 Å². The van der Waals surface area contributed by atoms with Gasteiger partial charge in [-0.3, -0.25) is 4.98 Å². The third kappa shape index (κ3) is 1.37. The van der Waals surface area contributed by atoms with Gasteiger partial charge in [-0.25, -0.2) is 0 Å². The van der Waals surface area contributed by atoms with Crippen LogP contribution in [-0.2, 0) is 0 Å². The monoisotopic (exact) mass is 187 g/mol. The highest BCUT2D eigenvalue weighted by molar-refractivity contribution is 5.98. The lowest BCUT2D eigenvalue weighted by molar-refractivity contribution is 0.318. The highest BCUT2D eigenvalue weighted by Gasteiger charge is 2.01. The largest absolute Gasteiger partial charge is 0.409 e. The van der Waals surface area contributed by atoms with E-state index in [4.69, 9.17) is 10.9 Å². The zero-order valence-corrected chi connectivity index (χ0v) is 7.38. The molecule has 0 aliphatic carbocycles. The van der Waals surface area contributed by atoms with E-state index in [1.165, 1.54) is 0 Å². The molecule has 2 rings (SSSR count). The minimum absolute atomic E-state index is 0.0238. The number of pyridine rings is 1. The quantitative estimate of drug-likeness (QED) is 0.306. The van der Waals surface area contributed by atoms with E-state index >= 15 is 0 Å². The van der Waals surface area contributed by atoms with Gasteiger partial charge < -0.3 is 10.9 Å². The first kappa shape index (κ1) is 8.50. The molecule has 70 valence electrons. The molecule has 1 aromatic heterocycles. The van der Waals surface area contributed by atoms with Crippen molar-refractivity contribution < 1.29 is 5.21 Å². The number of rotatable bonds is 1. The molecule has 0 atom stereocenters. The number of hydrogen-bond acceptors (Lipinski definition) is 3. The molecule has 14 heavy (non-hydrogen) atoms. The summed E-state index contributed by atoms with van der Waals surface area (Å²) in [6.07, 6.45) is 1.70. The molecule has 0 amide bonds. The van der Waals surface area contributed by atoms with Crippen LogP contribution in [-0.4, -0.2) is 16.0 Å². The molecular formula is C10H9N3O. The third-order valence-electron chi connectivity index (χ3n) is 2.00. The van der Waals surface area contributed by atoms with E-state index in [1.54, 1.807) is 12.3 Å². The van der Waals surface area contributed by atoms with Gasteiger partial charge in [-0.2, -0.15) is 0 Å². The van der Waals surface area contributed by atoms with Crippen LogP contribution in [0.1, 0.15) is 5.69 Å². The minimum atomic E-state index is 0.0238.